The Balaban J connectivity index is 1.94. The number of rotatable bonds is 4. The third-order valence-electron chi connectivity index (χ3n) is 4.62. The van der Waals surface area contributed by atoms with Gasteiger partial charge in [0.1, 0.15) is 0 Å². The van der Waals surface area contributed by atoms with Crippen LogP contribution in [0.2, 0.25) is 0 Å². The minimum atomic E-state index is -0.121. The zero-order chi connectivity index (χ0) is 12.8. The summed E-state index contributed by atoms with van der Waals surface area (Å²) < 4.78 is 0. The highest BCUT2D eigenvalue weighted by atomic mass is 16.2. The molecule has 2 aliphatic rings. The Morgan fingerprint density at radius 1 is 1.28 bits per heavy atom. The summed E-state index contributed by atoms with van der Waals surface area (Å²) in [6.07, 6.45) is 10.6. The van der Waals surface area contributed by atoms with Gasteiger partial charge < -0.3 is 10.6 Å². The molecule has 1 saturated carbocycles. The highest BCUT2D eigenvalue weighted by Crippen LogP contribution is 2.32. The molecule has 1 atom stereocenters. The molecule has 0 radical (unpaired) electrons. The number of hydrogen-bond acceptors (Lipinski definition) is 2. The van der Waals surface area contributed by atoms with E-state index in [1.807, 2.05) is 0 Å². The van der Waals surface area contributed by atoms with Gasteiger partial charge in [0, 0.05) is 12.6 Å². The summed E-state index contributed by atoms with van der Waals surface area (Å²) in [4.78, 5) is 12.6. The largest absolute Gasteiger partial charge is 0.353 e. The van der Waals surface area contributed by atoms with E-state index < -0.39 is 0 Å². The smallest absolute Gasteiger partial charge is 0.227 e. The lowest BCUT2D eigenvalue weighted by atomic mass is 9.75. The molecule has 1 unspecified atom stereocenters. The van der Waals surface area contributed by atoms with Crippen LogP contribution in [0.15, 0.2) is 0 Å². The standard InChI is InChI=1S/C15H28N2O/c1-2-9-15(10-6-11-16-12-15)14(18)17-13-7-4-3-5-8-13/h13,16H,2-12H2,1H3,(H,17,18). The predicted molar refractivity (Wildman–Crippen MR) is 74.5 cm³/mol. The Kier molecular flexibility index (Phi) is 5.04. The van der Waals surface area contributed by atoms with Gasteiger partial charge in [-0.15, -0.1) is 0 Å². The summed E-state index contributed by atoms with van der Waals surface area (Å²) in [5, 5.41) is 6.75. The molecule has 1 heterocycles. The maximum Gasteiger partial charge on any atom is 0.227 e. The predicted octanol–water partition coefficient (Wildman–Crippen LogP) is 2.61. The second kappa shape index (κ2) is 6.55. The average Bonchev–Trinajstić information content (AvgIpc) is 2.41. The first-order chi connectivity index (χ1) is 8.77. The molecule has 3 heteroatoms. The van der Waals surface area contributed by atoms with Crippen molar-refractivity contribution in [1.82, 2.24) is 10.6 Å². The number of carbonyl (C=O) groups is 1. The molecule has 1 aliphatic heterocycles. The zero-order valence-electron chi connectivity index (χ0n) is 11.8. The van der Waals surface area contributed by atoms with Crippen molar-refractivity contribution < 1.29 is 4.79 Å². The molecule has 0 aromatic carbocycles. The van der Waals surface area contributed by atoms with Crippen LogP contribution >= 0.6 is 0 Å². The van der Waals surface area contributed by atoms with Crippen LogP contribution < -0.4 is 10.6 Å². The highest BCUT2D eigenvalue weighted by molar-refractivity contribution is 5.83. The molecule has 2 fully saturated rings. The van der Waals surface area contributed by atoms with Crippen molar-refractivity contribution in [3.05, 3.63) is 0 Å². The topological polar surface area (TPSA) is 41.1 Å². The summed E-state index contributed by atoms with van der Waals surface area (Å²) >= 11 is 0. The van der Waals surface area contributed by atoms with E-state index in [0.717, 1.165) is 38.8 Å². The fraction of sp³-hybridized carbons (Fsp3) is 0.933. The molecule has 104 valence electrons. The summed E-state index contributed by atoms with van der Waals surface area (Å²) in [6, 6.07) is 0.446. The monoisotopic (exact) mass is 252 g/mol. The zero-order valence-corrected chi connectivity index (χ0v) is 11.8. The minimum absolute atomic E-state index is 0.121. The highest BCUT2D eigenvalue weighted by Gasteiger charge is 2.39. The first-order valence-corrected chi connectivity index (χ1v) is 7.78. The van der Waals surface area contributed by atoms with Crippen LogP contribution in [0.25, 0.3) is 0 Å². The quantitative estimate of drug-likeness (QED) is 0.807. The molecular weight excluding hydrogens is 224 g/mol. The summed E-state index contributed by atoms with van der Waals surface area (Å²) in [6.45, 7) is 4.13. The third-order valence-corrected chi connectivity index (χ3v) is 4.62. The number of carbonyl (C=O) groups excluding carboxylic acids is 1. The van der Waals surface area contributed by atoms with Gasteiger partial charge in [-0.1, -0.05) is 32.6 Å². The molecule has 1 saturated heterocycles. The van der Waals surface area contributed by atoms with Crippen LogP contribution in [0.1, 0.15) is 64.7 Å². The SMILES string of the molecule is CCCC1(C(=O)NC2CCCCC2)CCCNC1. The number of amides is 1. The van der Waals surface area contributed by atoms with E-state index in [4.69, 9.17) is 0 Å². The van der Waals surface area contributed by atoms with E-state index in [2.05, 4.69) is 17.6 Å². The Bertz CT molecular complexity index is 260. The summed E-state index contributed by atoms with van der Waals surface area (Å²) in [5.74, 6) is 0.323. The molecule has 1 aliphatic carbocycles. The van der Waals surface area contributed by atoms with Crippen LogP contribution in [0.3, 0.4) is 0 Å². The first kappa shape index (κ1) is 13.9. The van der Waals surface area contributed by atoms with E-state index >= 15 is 0 Å². The van der Waals surface area contributed by atoms with Gasteiger partial charge in [0.15, 0.2) is 0 Å². The van der Waals surface area contributed by atoms with Crippen LogP contribution in [0.4, 0.5) is 0 Å². The van der Waals surface area contributed by atoms with Crippen molar-refractivity contribution in [2.45, 2.75) is 70.8 Å². The van der Waals surface area contributed by atoms with Crippen LogP contribution in [0.5, 0.6) is 0 Å². The van der Waals surface area contributed by atoms with Crippen LogP contribution in [-0.4, -0.2) is 25.0 Å². The van der Waals surface area contributed by atoms with Gasteiger partial charge in [0.2, 0.25) is 5.91 Å². The molecule has 18 heavy (non-hydrogen) atoms. The van der Waals surface area contributed by atoms with Crippen molar-refractivity contribution in [3.63, 3.8) is 0 Å². The fourth-order valence-electron chi connectivity index (χ4n) is 3.55. The summed E-state index contributed by atoms with van der Waals surface area (Å²) in [5.41, 5.74) is -0.121. The van der Waals surface area contributed by atoms with Gasteiger partial charge in [-0.3, -0.25) is 4.79 Å². The number of piperidine rings is 1. The maximum atomic E-state index is 12.6. The number of hydrogen-bond donors (Lipinski definition) is 2. The van der Waals surface area contributed by atoms with E-state index in [1.54, 1.807) is 0 Å². The third kappa shape index (κ3) is 3.25. The van der Waals surface area contributed by atoms with Crippen molar-refractivity contribution in [2.75, 3.05) is 13.1 Å². The summed E-state index contributed by atoms with van der Waals surface area (Å²) in [7, 11) is 0. The molecule has 0 aromatic rings. The van der Waals surface area contributed by atoms with Gasteiger partial charge in [-0.25, -0.2) is 0 Å². The van der Waals surface area contributed by atoms with Crippen molar-refractivity contribution in [1.29, 1.82) is 0 Å². The van der Waals surface area contributed by atoms with Gasteiger partial charge in [0.25, 0.3) is 0 Å². The fourth-order valence-corrected chi connectivity index (χ4v) is 3.55. The lowest BCUT2D eigenvalue weighted by Crippen LogP contribution is -2.53. The van der Waals surface area contributed by atoms with Crippen molar-refractivity contribution in [3.8, 4) is 0 Å². The Morgan fingerprint density at radius 3 is 2.67 bits per heavy atom. The van der Waals surface area contributed by atoms with Crippen LogP contribution in [0, 0.1) is 5.41 Å². The Hall–Kier alpha value is -0.570. The van der Waals surface area contributed by atoms with E-state index in [9.17, 15) is 4.79 Å². The minimum Gasteiger partial charge on any atom is -0.353 e. The maximum absolute atomic E-state index is 12.6. The number of nitrogens with one attached hydrogen (secondary N) is 2. The lowest BCUT2D eigenvalue weighted by Gasteiger charge is -2.38. The van der Waals surface area contributed by atoms with E-state index in [0.29, 0.717) is 11.9 Å². The molecule has 3 nitrogen and oxygen atoms in total. The van der Waals surface area contributed by atoms with Gasteiger partial charge in [0.05, 0.1) is 5.41 Å². The van der Waals surface area contributed by atoms with E-state index in [-0.39, 0.29) is 5.41 Å². The van der Waals surface area contributed by atoms with Gasteiger partial charge >= 0.3 is 0 Å². The molecular formula is C15H28N2O. The van der Waals surface area contributed by atoms with Crippen molar-refractivity contribution in [2.24, 2.45) is 5.41 Å². The molecule has 0 aromatic heterocycles. The Labute approximate surface area is 111 Å². The van der Waals surface area contributed by atoms with Crippen molar-refractivity contribution >= 4 is 5.91 Å². The second-order valence-corrected chi connectivity index (χ2v) is 6.12. The average molecular weight is 252 g/mol. The van der Waals surface area contributed by atoms with Gasteiger partial charge in [-0.2, -0.15) is 0 Å². The lowest BCUT2D eigenvalue weighted by molar-refractivity contribution is -0.133. The molecule has 2 N–H and O–H groups in total. The Morgan fingerprint density at radius 2 is 2.06 bits per heavy atom. The van der Waals surface area contributed by atoms with Gasteiger partial charge in [-0.05, 0) is 38.6 Å². The second-order valence-electron chi connectivity index (χ2n) is 6.12. The molecule has 2 rings (SSSR count). The normalized spacial score (nSPS) is 30.1. The van der Waals surface area contributed by atoms with Crippen LogP contribution in [-0.2, 0) is 4.79 Å². The first-order valence-electron chi connectivity index (χ1n) is 7.78. The molecule has 0 spiro atoms. The molecule has 1 amide bonds. The molecule has 0 bridgehead atoms. The van der Waals surface area contributed by atoms with E-state index in [1.165, 1.54) is 32.1 Å².